The smallest absolute Gasteiger partial charge is 0.289 e. The van der Waals surface area contributed by atoms with Gasteiger partial charge in [-0.15, -0.1) is 0 Å². The molecule has 2 aromatic rings. The van der Waals surface area contributed by atoms with Crippen molar-refractivity contribution in [3.05, 3.63) is 73.3 Å². The summed E-state index contributed by atoms with van der Waals surface area (Å²) in [6, 6.07) is 9.04. The first-order chi connectivity index (χ1) is 10.4. The van der Waals surface area contributed by atoms with Crippen LogP contribution in [0.25, 0.3) is 0 Å². The maximum atomic E-state index is 12.1. The van der Waals surface area contributed by atoms with E-state index in [1.807, 2.05) is 0 Å². The lowest BCUT2D eigenvalue weighted by Gasteiger charge is -2.06. The number of nitro benzene ring substituents is 2. The van der Waals surface area contributed by atoms with Gasteiger partial charge in [0, 0.05) is 16.8 Å². The van der Waals surface area contributed by atoms with Gasteiger partial charge in [-0.05, 0) is 24.3 Å². The molecule has 0 saturated heterocycles. The van der Waals surface area contributed by atoms with Gasteiger partial charge >= 0.3 is 0 Å². The minimum absolute atomic E-state index is 0.282. The molecule has 1 N–H and O–H groups in total. The van der Waals surface area contributed by atoms with Crippen molar-refractivity contribution in [2.75, 3.05) is 5.32 Å². The number of benzene rings is 2. The fraction of sp³-hybridized carbons (Fsp3) is 0. The predicted octanol–water partition coefficient (Wildman–Crippen LogP) is 3.41. The number of nitrogens with one attached hydrogen (secondary N) is 1. The molecule has 0 aromatic heterocycles. The van der Waals surface area contributed by atoms with Crippen molar-refractivity contribution >= 4 is 34.6 Å². The van der Waals surface area contributed by atoms with Gasteiger partial charge in [-0.2, -0.15) is 0 Å². The third kappa shape index (κ3) is 3.36. The Balaban J connectivity index is 2.36. The quantitative estimate of drug-likeness (QED) is 0.684. The van der Waals surface area contributed by atoms with E-state index in [4.69, 9.17) is 11.6 Å². The highest BCUT2D eigenvalue weighted by molar-refractivity contribution is 6.31. The summed E-state index contributed by atoms with van der Waals surface area (Å²) in [6.45, 7) is 0. The van der Waals surface area contributed by atoms with Gasteiger partial charge in [0.05, 0.1) is 15.9 Å². The first-order valence-electron chi connectivity index (χ1n) is 5.88. The van der Waals surface area contributed by atoms with Gasteiger partial charge in [0.15, 0.2) is 0 Å². The van der Waals surface area contributed by atoms with E-state index < -0.39 is 27.1 Å². The van der Waals surface area contributed by atoms with Crippen molar-refractivity contribution in [1.29, 1.82) is 0 Å². The highest BCUT2D eigenvalue weighted by Crippen LogP contribution is 2.25. The number of hydrogen-bond acceptors (Lipinski definition) is 5. The fourth-order valence-electron chi connectivity index (χ4n) is 1.74. The molecule has 9 heteroatoms. The number of anilines is 1. The minimum Gasteiger partial charge on any atom is -0.322 e. The summed E-state index contributed by atoms with van der Waals surface area (Å²) in [5.74, 6) is -0.760. The van der Waals surface area contributed by atoms with Crippen LogP contribution in [0.3, 0.4) is 0 Å². The lowest BCUT2D eigenvalue weighted by molar-refractivity contribution is -0.394. The Labute approximate surface area is 128 Å². The van der Waals surface area contributed by atoms with Crippen LogP contribution in [0.5, 0.6) is 0 Å². The molecule has 0 fully saturated rings. The van der Waals surface area contributed by atoms with Gasteiger partial charge in [0.25, 0.3) is 17.3 Å². The van der Waals surface area contributed by atoms with Crippen LogP contribution in [0.4, 0.5) is 17.1 Å². The number of non-ortho nitro benzene ring substituents is 1. The Hall–Kier alpha value is -3.00. The predicted molar refractivity (Wildman–Crippen MR) is 79.2 cm³/mol. The van der Waals surface area contributed by atoms with E-state index in [9.17, 15) is 25.0 Å². The molecular weight excluding hydrogens is 314 g/mol. The second-order valence-electron chi connectivity index (χ2n) is 4.18. The SMILES string of the molecule is O=C(Nc1cccc(Cl)c1)c1ccc([N+](=O)[O-])cc1[N+](=O)[O-]. The number of nitro groups is 2. The highest BCUT2D eigenvalue weighted by Gasteiger charge is 2.24. The standard InChI is InChI=1S/C13H8ClN3O5/c14-8-2-1-3-9(6-8)15-13(18)11-5-4-10(16(19)20)7-12(11)17(21)22/h1-7H,(H,15,18). The van der Waals surface area contributed by atoms with Gasteiger partial charge in [0.1, 0.15) is 5.56 Å². The van der Waals surface area contributed by atoms with Crippen molar-refractivity contribution in [2.24, 2.45) is 0 Å². The zero-order valence-corrected chi connectivity index (χ0v) is 11.6. The molecule has 0 spiro atoms. The molecule has 0 radical (unpaired) electrons. The van der Waals surface area contributed by atoms with E-state index in [-0.39, 0.29) is 5.56 Å². The van der Waals surface area contributed by atoms with E-state index in [1.165, 1.54) is 6.07 Å². The fourth-order valence-corrected chi connectivity index (χ4v) is 1.93. The van der Waals surface area contributed by atoms with Gasteiger partial charge in [-0.1, -0.05) is 17.7 Å². The molecule has 22 heavy (non-hydrogen) atoms. The molecule has 0 unspecified atom stereocenters. The number of halogens is 1. The number of nitrogens with zero attached hydrogens (tertiary/aromatic N) is 2. The van der Waals surface area contributed by atoms with Crippen LogP contribution in [-0.4, -0.2) is 15.8 Å². The Morgan fingerprint density at radius 2 is 1.77 bits per heavy atom. The molecule has 2 rings (SSSR count). The third-order valence-corrected chi connectivity index (χ3v) is 2.95. The minimum atomic E-state index is -0.847. The highest BCUT2D eigenvalue weighted by atomic mass is 35.5. The summed E-state index contributed by atoms with van der Waals surface area (Å²) < 4.78 is 0. The molecule has 0 aliphatic carbocycles. The zero-order chi connectivity index (χ0) is 16.3. The summed E-state index contributed by atoms with van der Waals surface area (Å²) in [6.07, 6.45) is 0. The van der Waals surface area contributed by atoms with E-state index in [2.05, 4.69) is 5.32 Å². The molecule has 0 bridgehead atoms. The van der Waals surface area contributed by atoms with Crippen LogP contribution < -0.4 is 5.32 Å². The monoisotopic (exact) mass is 321 g/mol. The lowest BCUT2D eigenvalue weighted by Crippen LogP contribution is -2.14. The van der Waals surface area contributed by atoms with E-state index in [0.29, 0.717) is 10.7 Å². The van der Waals surface area contributed by atoms with E-state index in [1.54, 1.807) is 18.2 Å². The van der Waals surface area contributed by atoms with Gasteiger partial charge < -0.3 is 5.32 Å². The largest absolute Gasteiger partial charge is 0.322 e. The van der Waals surface area contributed by atoms with Gasteiger partial charge in [-0.3, -0.25) is 25.0 Å². The molecule has 0 aliphatic heterocycles. The van der Waals surface area contributed by atoms with E-state index in [0.717, 1.165) is 18.2 Å². The maximum Gasteiger partial charge on any atom is 0.289 e. The molecular formula is C13H8ClN3O5. The number of rotatable bonds is 4. The third-order valence-electron chi connectivity index (χ3n) is 2.72. The number of carbonyl (C=O) groups excluding carboxylic acids is 1. The average molecular weight is 322 g/mol. The van der Waals surface area contributed by atoms with Crippen molar-refractivity contribution in [1.82, 2.24) is 0 Å². The Bertz CT molecular complexity index is 778. The van der Waals surface area contributed by atoms with Crippen LogP contribution in [0.2, 0.25) is 5.02 Å². The summed E-state index contributed by atoms with van der Waals surface area (Å²) in [7, 11) is 0. The number of hydrogen-bond donors (Lipinski definition) is 1. The van der Waals surface area contributed by atoms with Crippen molar-refractivity contribution in [3.8, 4) is 0 Å². The average Bonchev–Trinajstić information content (AvgIpc) is 2.46. The first kappa shape index (κ1) is 15.4. The summed E-state index contributed by atoms with van der Waals surface area (Å²) >= 11 is 5.78. The maximum absolute atomic E-state index is 12.1. The molecule has 0 atom stereocenters. The van der Waals surface area contributed by atoms with Crippen molar-refractivity contribution < 1.29 is 14.6 Å². The first-order valence-corrected chi connectivity index (χ1v) is 6.26. The van der Waals surface area contributed by atoms with Crippen LogP contribution in [0.15, 0.2) is 42.5 Å². The number of amides is 1. The number of carbonyl (C=O) groups is 1. The summed E-state index contributed by atoms with van der Waals surface area (Å²) in [4.78, 5) is 32.1. The molecule has 112 valence electrons. The summed E-state index contributed by atoms with van der Waals surface area (Å²) in [5.41, 5.74) is -1.04. The molecule has 0 saturated carbocycles. The lowest BCUT2D eigenvalue weighted by atomic mass is 10.1. The molecule has 8 nitrogen and oxygen atoms in total. The van der Waals surface area contributed by atoms with Crippen LogP contribution in [0, 0.1) is 20.2 Å². The van der Waals surface area contributed by atoms with Gasteiger partial charge in [-0.25, -0.2) is 0 Å². The Kier molecular flexibility index (Phi) is 4.33. The second kappa shape index (κ2) is 6.19. The normalized spacial score (nSPS) is 10.0. The zero-order valence-electron chi connectivity index (χ0n) is 10.9. The Morgan fingerprint density at radius 1 is 1.05 bits per heavy atom. The van der Waals surface area contributed by atoms with Crippen molar-refractivity contribution in [2.45, 2.75) is 0 Å². The molecule has 1 amide bonds. The molecule has 2 aromatic carbocycles. The van der Waals surface area contributed by atoms with E-state index >= 15 is 0 Å². The second-order valence-corrected chi connectivity index (χ2v) is 4.62. The van der Waals surface area contributed by atoms with Gasteiger partial charge in [0.2, 0.25) is 0 Å². The molecule has 0 aliphatic rings. The Morgan fingerprint density at radius 3 is 2.36 bits per heavy atom. The van der Waals surface area contributed by atoms with Crippen LogP contribution in [0.1, 0.15) is 10.4 Å². The topological polar surface area (TPSA) is 115 Å². The summed E-state index contributed by atoms with van der Waals surface area (Å²) in [5, 5.41) is 24.5. The molecule has 0 heterocycles. The van der Waals surface area contributed by atoms with Crippen LogP contribution >= 0.6 is 11.6 Å². The van der Waals surface area contributed by atoms with Crippen molar-refractivity contribution in [3.63, 3.8) is 0 Å². The van der Waals surface area contributed by atoms with Crippen LogP contribution in [-0.2, 0) is 0 Å².